The maximum atomic E-state index is 12.7. The summed E-state index contributed by atoms with van der Waals surface area (Å²) in [5, 5.41) is 4.44. The molecule has 1 aromatic heterocycles. The van der Waals surface area contributed by atoms with E-state index < -0.39 is 0 Å². The number of carbonyl (C=O) groups excluding carboxylic acids is 1. The van der Waals surface area contributed by atoms with Gasteiger partial charge in [-0.2, -0.15) is 5.10 Å². The summed E-state index contributed by atoms with van der Waals surface area (Å²) in [6, 6.07) is 0. The highest BCUT2D eigenvalue weighted by molar-refractivity contribution is 5.76. The minimum absolute atomic E-state index is 0.286. The standard InChI is InChI=1S/C19H35N3O/c1-14(2)10-12-22(13-11-15(3)4)19(23)9-8-18-16(5)20-21(7)17(18)6/h14-15H,8-13H2,1-7H3. The fourth-order valence-corrected chi connectivity index (χ4v) is 2.76. The van der Waals surface area contributed by atoms with E-state index in [0.717, 1.165) is 38.0 Å². The Morgan fingerprint density at radius 3 is 2.00 bits per heavy atom. The van der Waals surface area contributed by atoms with E-state index in [9.17, 15) is 4.79 Å². The molecule has 132 valence electrons. The van der Waals surface area contributed by atoms with Crippen LogP contribution in [0.5, 0.6) is 0 Å². The Hall–Kier alpha value is -1.32. The lowest BCUT2D eigenvalue weighted by molar-refractivity contribution is -0.131. The molecule has 0 saturated carbocycles. The first-order valence-corrected chi connectivity index (χ1v) is 8.99. The van der Waals surface area contributed by atoms with Gasteiger partial charge in [0, 0.05) is 32.3 Å². The van der Waals surface area contributed by atoms with Crippen LogP contribution in [0.2, 0.25) is 0 Å². The van der Waals surface area contributed by atoms with Crippen LogP contribution in [0.25, 0.3) is 0 Å². The lowest BCUT2D eigenvalue weighted by Crippen LogP contribution is -2.34. The number of nitrogens with zero attached hydrogens (tertiary/aromatic N) is 3. The van der Waals surface area contributed by atoms with E-state index in [2.05, 4.69) is 44.6 Å². The summed E-state index contributed by atoms with van der Waals surface area (Å²) in [5.41, 5.74) is 3.45. The first kappa shape index (κ1) is 19.7. The second kappa shape index (κ2) is 9.09. The Balaban J connectivity index is 2.64. The number of hydrogen-bond acceptors (Lipinski definition) is 2. The average molecular weight is 322 g/mol. The maximum absolute atomic E-state index is 12.7. The quantitative estimate of drug-likeness (QED) is 0.692. The van der Waals surface area contributed by atoms with Crippen molar-refractivity contribution in [3.63, 3.8) is 0 Å². The van der Waals surface area contributed by atoms with Crippen LogP contribution < -0.4 is 0 Å². The number of carbonyl (C=O) groups is 1. The summed E-state index contributed by atoms with van der Waals surface area (Å²) in [6.07, 6.45) is 3.54. The van der Waals surface area contributed by atoms with Gasteiger partial charge in [0.1, 0.15) is 0 Å². The predicted molar refractivity (Wildman–Crippen MR) is 96.5 cm³/mol. The number of aromatic nitrogens is 2. The van der Waals surface area contributed by atoms with Gasteiger partial charge in [-0.1, -0.05) is 27.7 Å². The van der Waals surface area contributed by atoms with Gasteiger partial charge in [0.05, 0.1) is 5.69 Å². The molecule has 0 fully saturated rings. The van der Waals surface area contributed by atoms with E-state index in [4.69, 9.17) is 0 Å². The van der Waals surface area contributed by atoms with Gasteiger partial charge in [0.15, 0.2) is 0 Å². The maximum Gasteiger partial charge on any atom is 0.222 e. The summed E-state index contributed by atoms with van der Waals surface area (Å²) >= 11 is 0. The van der Waals surface area contributed by atoms with Crippen molar-refractivity contribution in [3.05, 3.63) is 17.0 Å². The van der Waals surface area contributed by atoms with Crippen LogP contribution in [-0.2, 0) is 18.3 Å². The zero-order chi connectivity index (χ0) is 17.6. The van der Waals surface area contributed by atoms with Crippen molar-refractivity contribution < 1.29 is 4.79 Å². The van der Waals surface area contributed by atoms with E-state index in [1.165, 1.54) is 11.3 Å². The molecule has 4 heteroatoms. The molecule has 0 bridgehead atoms. The molecule has 4 nitrogen and oxygen atoms in total. The first-order valence-electron chi connectivity index (χ1n) is 8.99. The second-order valence-electron chi connectivity index (χ2n) is 7.52. The third-order valence-corrected chi connectivity index (χ3v) is 4.55. The Kier molecular flexibility index (Phi) is 7.80. The number of amides is 1. The van der Waals surface area contributed by atoms with Crippen molar-refractivity contribution in [3.8, 4) is 0 Å². The van der Waals surface area contributed by atoms with Crippen LogP contribution in [0.15, 0.2) is 0 Å². The third kappa shape index (κ3) is 6.36. The van der Waals surface area contributed by atoms with E-state index in [1.54, 1.807) is 0 Å². The molecule has 0 aliphatic carbocycles. The minimum atomic E-state index is 0.286. The van der Waals surface area contributed by atoms with Gasteiger partial charge in [0.2, 0.25) is 5.91 Å². The molecule has 0 unspecified atom stereocenters. The van der Waals surface area contributed by atoms with Crippen LogP contribution in [-0.4, -0.2) is 33.7 Å². The molecule has 0 spiro atoms. The number of hydrogen-bond donors (Lipinski definition) is 0. The van der Waals surface area contributed by atoms with Crippen LogP contribution in [0.1, 0.15) is 63.9 Å². The van der Waals surface area contributed by atoms with Gasteiger partial charge < -0.3 is 4.90 Å². The SMILES string of the molecule is Cc1nn(C)c(C)c1CCC(=O)N(CCC(C)C)CCC(C)C. The molecule has 1 aromatic rings. The Bertz CT molecular complexity index is 491. The van der Waals surface area contributed by atoms with Crippen molar-refractivity contribution >= 4 is 5.91 Å². The summed E-state index contributed by atoms with van der Waals surface area (Å²) < 4.78 is 1.91. The van der Waals surface area contributed by atoms with Crippen molar-refractivity contribution in [1.29, 1.82) is 0 Å². The van der Waals surface area contributed by atoms with Gasteiger partial charge in [-0.25, -0.2) is 0 Å². The Morgan fingerprint density at radius 2 is 1.61 bits per heavy atom. The smallest absolute Gasteiger partial charge is 0.222 e. The molecule has 0 atom stereocenters. The zero-order valence-corrected chi connectivity index (χ0v) is 16.1. The lowest BCUT2D eigenvalue weighted by atomic mass is 10.1. The molecular weight excluding hydrogens is 286 g/mol. The normalized spacial score (nSPS) is 11.5. The van der Waals surface area contributed by atoms with Crippen LogP contribution >= 0.6 is 0 Å². The monoisotopic (exact) mass is 321 g/mol. The first-order chi connectivity index (χ1) is 10.7. The van der Waals surface area contributed by atoms with E-state index >= 15 is 0 Å². The third-order valence-electron chi connectivity index (χ3n) is 4.55. The molecule has 0 aliphatic rings. The topological polar surface area (TPSA) is 38.1 Å². The lowest BCUT2D eigenvalue weighted by Gasteiger charge is -2.24. The van der Waals surface area contributed by atoms with Gasteiger partial charge >= 0.3 is 0 Å². The highest BCUT2D eigenvalue weighted by atomic mass is 16.2. The fraction of sp³-hybridized carbons (Fsp3) is 0.789. The summed E-state index contributed by atoms with van der Waals surface area (Å²) in [6.45, 7) is 14.7. The molecule has 0 radical (unpaired) electrons. The predicted octanol–water partition coefficient (Wildman–Crippen LogP) is 3.89. The largest absolute Gasteiger partial charge is 0.343 e. The Labute approximate surface area is 142 Å². The molecule has 1 amide bonds. The number of aryl methyl sites for hydroxylation is 2. The zero-order valence-electron chi connectivity index (χ0n) is 16.1. The molecule has 0 aromatic carbocycles. The second-order valence-corrected chi connectivity index (χ2v) is 7.52. The summed E-state index contributed by atoms with van der Waals surface area (Å²) in [5.74, 6) is 1.55. The fourth-order valence-electron chi connectivity index (χ4n) is 2.76. The molecule has 0 aliphatic heterocycles. The van der Waals surface area contributed by atoms with E-state index in [-0.39, 0.29) is 5.91 Å². The average Bonchev–Trinajstić information content (AvgIpc) is 2.69. The van der Waals surface area contributed by atoms with Gasteiger partial charge in [-0.3, -0.25) is 9.48 Å². The van der Waals surface area contributed by atoms with Crippen LogP contribution in [0.4, 0.5) is 0 Å². The Morgan fingerprint density at radius 1 is 1.09 bits per heavy atom. The van der Waals surface area contributed by atoms with Gasteiger partial charge in [0.25, 0.3) is 0 Å². The van der Waals surface area contributed by atoms with Crippen LogP contribution in [0, 0.1) is 25.7 Å². The highest BCUT2D eigenvalue weighted by Gasteiger charge is 2.17. The molecular formula is C19H35N3O. The van der Waals surface area contributed by atoms with Crippen molar-refractivity contribution in [1.82, 2.24) is 14.7 Å². The van der Waals surface area contributed by atoms with Crippen molar-refractivity contribution in [2.45, 2.75) is 67.2 Å². The van der Waals surface area contributed by atoms with Crippen LogP contribution in [0.3, 0.4) is 0 Å². The van der Waals surface area contributed by atoms with Gasteiger partial charge in [-0.05, 0) is 50.5 Å². The number of rotatable bonds is 9. The summed E-state index contributed by atoms with van der Waals surface area (Å²) in [4.78, 5) is 14.7. The molecule has 0 N–H and O–H groups in total. The highest BCUT2D eigenvalue weighted by Crippen LogP contribution is 2.15. The van der Waals surface area contributed by atoms with Gasteiger partial charge in [-0.15, -0.1) is 0 Å². The molecule has 1 rings (SSSR count). The molecule has 0 saturated heterocycles. The van der Waals surface area contributed by atoms with E-state index in [1.807, 2.05) is 18.7 Å². The van der Waals surface area contributed by atoms with Crippen molar-refractivity contribution in [2.75, 3.05) is 13.1 Å². The minimum Gasteiger partial charge on any atom is -0.343 e. The van der Waals surface area contributed by atoms with Crippen molar-refractivity contribution in [2.24, 2.45) is 18.9 Å². The summed E-state index contributed by atoms with van der Waals surface area (Å²) in [7, 11) is 1.96. The van der Waals surface area contributed by atoms with E-state index in [0.29, 0.717) is 18.3 Å². The molecule has 1 heterocycles. The molecule has 23 heavy (non-hydrogen) atoms.